The zero-order valence-corrected chi connectivity index (χ0v) is 23.0. The van der Waals surface area contributed by atoms with Crippen LogP contribution in [0.2, 0.25) is 0 Å². The number of fused-ring (bicyclic) bond motifs is 3. The van der Waals surface area contributed by atoms with Crippen LogP contribution in [-0.4, -0.2) is 24.2 Å². The van der Waals surface area contributed by atoms with Crippen molar-refractivity contribution in [2.45, 2.75) is 39.5 Å². The van der Waals surface area contributed by atoms with Gasteiger partial charge in [-0.2, -0.15) is 0 Å². The van der Waals surface area contributed by atoms with Gasteiger partial charge in [-0.3, -0.25) is 0 Å². The molecule has 5 rings (SSSR count). The summed E-state index contributed by atoms with van der Waals surface area (Å²) in [7, 11) is 3.43. The molecule has 0 N–H and O–H groups in total. The molecule has 0 atom stereocenters. The van der Waals surface area contributed by atoms with Gasteiger partial charge in [0, 0.05) is 33.0 Å². The summed E-state index contributed by atoms with van der Waals surface area (Å²) in [5.41, 5.74) is 8.27. The van der Waals surface area contributed by atoms with E-state index in [2.05, 4.69) is 64.1 Å². The van der Waals surface area contributed by atoms with Crippen LogP contribution in [0.5, 0.6) is 11.5 Å². The molecule has 2 aromatic heterocycles. The van der Waals surface area contributed by atoms with Crippen LogP contribution in [0.1, 0.15) is 50.9 Å². The fourth-order valence-corrected chi connectivity index (χ4v) is 4.95. The van der Waals surface area contributed by atoms with Gasteiger partial charge in [-0.15, -0.1) is 0 Å². The van der Waals surface area contributed by atoms with Crippen LogP contribution >= 0.6 is 0 Å². The summed E-state index contributed by atoms with van der Waals surface area (Å²) >= 11 is 0. The van der Waals surface area contributed by atoms with Crippen LogP contribution in [0.3, 0.4) is 0 Å². The third-order valence-corrected chi connectivity index (χ3v) is 6.72. The Kier molecular flexibility index (Phi) is 7.87. The van der Waals surface area contributed by atoms with Crippen LogP contribution in [0.25, 0.3) is 44.1 Å². The van der Waals surface area contributed by atoms with Crippen LogP contribution in [0.4, 0.5) is 0 Å². The van der Waals surface area contributed by atoms with Gasteiger partial charge in [0.2, 0.25) is 0 Å². The number of benzene rings is 3. The fourth-order valence-electron chi connectivity index (χ4n) is 4.95. The van der Waals surface area contributed by atoms with Crippen molar-refractivity contribution in [3.63, 3.8) is 0 Å². The Morgan fingerprint density at radius 1 is 0.541 bits per heavy atom. The summed E-state index contributed by atoms with van der Waals surface area (Å²) < 4.78 is 11.4. The molecule has 192 valence electrons. The molecule has 0 saturated carbocycles. The van der Waals surface area contributed by atoms with Crippen LogP contribution in [0, 0.1) is 0 Å². The number of ether oxygens (including phenoxy) is 2. The fraction of sp³-hybridized carbons (Fsp3) is 0.250. The van der Waals surface area contributed by atoms with E-state index in [1.54, 1.807) is 14.2 Å². The molecule has 2 heterocycles. The first-order valence-electron chi connectivity index (χ1n) is 12.5. The molecule has 5 heteroatoms. The molecule has 0 amide bonds. The molecule has 0 aliphatic rings. The summed E-state index contributed by atoms with van der Waals surface area (Å²) in [4.78, 5) is 10.5. The minimum absolute atomic E-state index is 0. The van der Waals surface area contributed by atoms with Gasteiger partial charge in [0.1, 0.15) is 11.5 Å². The third kappa shape index (κ3) is 4.82. The van der Waals surface area contributed by atoms with E-state index in [0.29, 0.717) is 0 Å². The van der Waals surface area contributed by atoms with Gasteiger partial charge in [0.25, 0.3) is 0 Å². The van der Waals surface area contributed by atoms with Crippen molar-refractivity contribution in [2.24, 2.45) is 0 Å². The molecule has 0 radical (unpaired) electrons. The van der Waals surface area contributed by atoms with E-state index in [0.717, 1.165) is 66.9 Å². The average molecular weight is 540 g/mol. The second-order valence-electron chi connectivity index (χ2n) is 9.76. The van der Waals surface area contributed by atoms with Crippen molar-refractivity contribution in [3.8, 4) is 33.8 Å². The number of pyridine rings is 2. The van der Waals surface area contributed by atoms with Gasteiger partial charge in [-0.1, -0.05) is 76.2 Å². The molecule has 0 aliphatic heterocycles. The number of aromatic nitrogens is 2. The van der Waals surface area contributed by atoms with Crippen LogP contribution in [0.15, 0.2) is 72.8 Å². The molecule has 0 unspecified atom stereocenters. The SMILES string of the molecule is COc1ccccc1-c1cc2ccc3cc(-c4ccccc4OC)c(C(C)C)nc3c2nc1C(C)C.[Cu+]. The summed E-state index contributed by atoms with van der Waals surface area (Å²) in [6.07, 6.45) is 0. The Bertz CT molecular complexity index is 1460. The van der Waals surface area contributed by atoms with E-state index < -0.39 is 0 Å². The van der Waals surface area contributed by atoms with Gasteiger partial charge in [0.15, 0.2) is 0 Å². The molecule has 5 aromatic rings. The van der Waals surface area contributed by atoms with Gasteiger partial charge < -0.3 is 9.47 Å². The summed E-state index contributed by atoms with van der Waals surface area (Å²) in [6.45, 7) is 8.74. The predicted molar refractivity (Wildman–Crippen MR) is 149 cm³/mol. The van der Waals surface area contributed by atoms with Crippen LogP contribution in [-0.2, 0) is 17.1 Å². The van der Waals surface area contributed by atoms with Gasteiger partial charge in [0.05, 0.1) is 36.6 Å². The maximum Gasteiger partial charge on any atom is 1.00 e. The van der Waals surface area contributed by atoms with Crippen molar-refractivity contribution in [2.75, 3.05) is 14.2 Å². The maximum atomic E-state index is 5.68. The summed E-state index contributed by atoms with van der Waals surface area (Å²) in [6, 6.07) is 25.1. The Hall–Kier alpha value is -3.40. The van der Waals surface area contributed by atoms with E-state index >= 15 is 0 Å². The Morgan fingerprint density at radius 3 is 1.27 bits per heavy atom. The van der Waals surface area contributed by atoms with Crippen molar-refractivity contribution in [1.82, 2.24) is 9.97 Å². The molecule has 0 spiro atoms. The number of nitrogens with zero attached hydrogens (tertiary/aromatic N) is 2. The summed E-state index contributed by atoms with van der Waals surface area (Å²) in [5.74, 6) is 2.18. The molecular formula is C32H32CuN2O2+. The number of rotatable bonds is 6. The van der Waals surface area contributed by atoms with E-state index in [9.17, 15) is 0 Å². The number of methoxy groups -OCH3 is 2. The second-order valence-corrected chi connectivity index (χ2v) is 9.76. The molecule has 0 aliphatic carbocycles. The zero-order valence-electron chi connectivity index (χ0n) is 22.1. The Morgan fingerprint density at radius 2 is 0.919 bits per heavy atom. The number of hydrogen-bond donors (Lipinski definition) is 0. The number of hydrogen-bond acceptors (Lipinski definition) is 4. The molecule has 0 bridgehead atoms. The second kappa shape index (κ2) is 10.9. The first kappa shape index (κ1) is 26.7. The first-order chi connectivity index (χ1) is 17.4. The van der Waals surface area contributed by atoms with Crippen LogP contribution < -0.4 is 9.47 Å². The largest absolute Gasteiger partial charge is 1.00 e. The third-order valence-electron chi connectivity index (χ3n) is 6.72. The van der Waals surface area contributed by atoms with Gasteiger partial charge in [-0.25, -0.2) is 9.97 Å². The van der Waals surface area contributed by atoms with Crippen molar-refractivity contribution >= 4 is 21.8 Å². The monoisotopic (exact) mass is 539 g/mol. The van der Waals surface area contributed by atoms with Crippen molar-refractivity contribution < 1.29 is 26.5 Å². The Balaban J connectivity index is 0.00000320. The average Bonchev–Trinajstić information content (AvgIpc) is 2.91. The Labute approximate surface area is 229 Å². The molecular weight excluding hydrogens is 508 g/mol. The predicted octanol–water partition coefficient (Wildman–Crippen LogP) is 8.38. The molecule has 37 heavy (non-hydrogen) atoms. The van der Waals surface area contributed by atoms with Gasteiger partial charge >= 0.3 is 17.1 Å². The minimum atomic E-state index is 0. The zero-order chi connectivity index (χ0) is 25.4. The standard InChI is InChI=1S/C32H32N2O2.Cu/c1-19(2)29-25(23-11-7-9-13-27(23)35-5)17-21-15-16-22-18-26(24-12-8-10-14-28(24)36-6)30(20(3)4)34-32(22)31(21)33-29;/h7-20H,1-6H3;/q;+1. The number of para-hydroxylation sites is 2. The smallest absolute Gasteiger partial charge is 0.496 e. The normalized spacial score (nSPS) is 11.2. The molecule has 3 aromatic carbocycles. The van der Waals surface area contributed by atoms with Gasteiger partial charge in [-0.05, 0) is 36.1 Å². The van der Waals surface area contributed by atoms with E-state index in [1.165, 1.54) is 0 Å². The molecule has 0 fully saturated rings. The quantitative estimate of drug-likeness (QED) is 0.160. The van der Waals surface area contributed by atoms with Crippen molar-refractivity contribution in [1.29, 1.82) is 0 Å². The topological polar surface area (TPSA) is 44.2 Å². The van der Waals surface area contributed by atoms with E-state index in [1.807, 2.05) is 36.4 Å². The molecule has 0 saturated heterocycles. The van der Waals surface area contributed by atoms with Crippen molar-refractivity contribution in [3.05, 3.63) is 84.2 Å². The minimum Gasteiger partial charge on any atom is -0.496 e. The van der Waals surface area contributed by atoms with E-state index in [-0.39, 0.29) is 28.9 Å². The first-order valence-corrected chi connectivity index (χ1v) is 12.5. The maximum absolute atomic E-state index is 5.68. The summed E-state index contributed by atoms with van der Waals surface area (Å²) in [5, 5.41) is 2.14. The van der Waals surface area contributed by atoms with E-state index in [4.69, 9.17) is 19.4 Å². The molecule has 4 nitrogen and oxygen atoms in total.